The molecule has 1 aromatic carbocycles. The minimum Gasteiger partial charge on any atom is -0.356 e. The summed E-state index contributed by atoms with van der Waals surface area (Å²) in [6.45, 7) is 2.20. The fourth-order valence-electron chi connectivity index (χ4n) is 2.91. The Morgan fingerprint density at radius 1 is 0.875 bits per heavy atom. The minimum atomic E-state index is -0.359. The van der Waals surface area contributed by atoms with Crippen LogP contribution in [0.4, 0.5) is 4.39 Å². The summed E-state index contributed by atoms with van der Waals surface area (Å²) in [7, 11) is 1.88. The Morgan fingerprint density at radius 2 is 1.46 bits per heavy atom. The van der Waals surface area contributed by atoms with Crippen molar-refractivity contribution in [3.63, 3.8) is 0 Å². The Kier molecular flexibility index (Phi) is 4.64. The third-order valence-electron chi connectivity index (χ3n) is 4.24. The van der Waals surface area contributed by atoms with Crippen molar-refractivity contribution in [2.24, 2.45) is 7.05 Å². The Labute approximate surface area is 140 Å². The van der Waals surface area contributed by atoms with Crippen LogP contribution in [0.25, 0.3) is 0 Å². The first-order chi connectivity index (χ1) is 11.5. The van der Waals surface area contributed by atoms with Crippen LogP contribution in [0.2, 0.25) is 0 Å². The van der Waals surface area contributed by atoms with Gasteiger partial charge in [-0.05, 0) is 36.8 Å². The average Bonchev–Trinajstić information content (AvgIpc) is 2.87. The Balaban J connectivity index is 1.65. The van der Waals surface area contributed by atoms with Crippen molar-refractivity contribution < 1.29 is 14.0 Å². The SMILES string of the molecule is Cn1ccc(C(=O)N2CCCN(C(=O)c3ccc(F)cc3)CC2)c1. The number of hydrogen-bond donors (Lipinski definition) is 0. The van der Waals surface area contributed by atoms with Crippen LogP contribution in [0.3, 0.4) is 0 Å². The van der Waals surface area contributed by atoms with Gasteiger partial charge in [0.2, 0.25) is 0 Å². The molecule has 1 aromatic heterocycles. The van der Waals surface area contributed by atoms with E-state index in [1.165, 1.54) is 24.3 Å². The van der Waals surface area contributed by atoms with Gasteiger partial charge in [0.05, 0.1) is 5.56 Å². The van der Waals surface area contributed by atoms with Crippen molar-refractivity contribution in [1.29, 1.82) is 0 Å². The number of aryl methyl sites for hydroxylation is 1. The van der Waals surface area contributed by atoms with Gasteiger partial charge in [0.25, 0.3) is 11.8 Å². The van der Waals surface area contributed by atoms with E-state index < -0.39 is 0 Å². The maximum Gasteiger partial charge on any atom is 0.255 e. The summed E-state index contributed by atoms with van der Waals surface area (Å²) in [5, 5.41) is 0. The zero-order valence-electron chi connectivity index (χ0n) is 13.6. The highest BCUT2D eigenvalue weighted by molar-refractivity contribution is 5.95. The molecule has 6 heteroatoms. The van der Waals surface area contributed by atoms with Crippen molar-refractivity contribution in [3.05, 3.63) is 59.7 Å². The van der Waals surface area contributed by atoms with Gasteiger partial charge in [-0.3, -0.25) is 9.59 Å². The first-order valence-electron chi connectivity index (χ1n) is 8.01. The number of carbonyl (C=O) groups is 2. The maximum atomic E-state index is 13.0. The molecule has 0 saturated carbocycles. The molecule has 0 atom stereocenters. The average molecular weight is 329 g/mol. The molecule has 0 unspecified atom stereocenters. The van der Waals surface area contributed by atoms with Gasteiger partial charge >= 0.3 is 0 Å². The van der Waals surface area contributed by atoms with Gasteiger partial charge in [0, 0.05) is 51.2 Å². The molecule has 0 spiro atoms. The molecule has 1 fully saturated rings. The van der Waals surface area contributed by atoms with Crippen LogP contribution in [0, 0.1) is 5.82 Å². The topological polar surface area (TPSA) is 45.6 Å². The van der Waals surface area contributed by atoms with Crippen LogP contribution in [0.15, 0.2) is 42.7 Å². The number of rotatable bonds is 2. The predicted octanol–water partition coefficient (Wildman–Crippen LogP) is 2.15. The number of aromatic nitrogens is 1. The second-order valence-corrected chi connectivity index (χ2v) is 6.01. The number of amides is 2. The lowest BCUT2D eigenvalue weighted by molar-refractivity contribution is 0.0718. The lowest BCUT2D eigenvalue weighted by atomic mass is 10.2. The summed E-state index contributed by atoms with van der Waals surface area (Å²) in [5.41, 5.74) is 1.13. The quantitative estimate of drug-likeness (QED) is 0.847. The van der Waals surface area contributed by atoms with Crippen LogP contribution >= 0.6 is 0 Å². The van der Waals surface area contributed by atoms with Gasteiger partial charge in [0.15, 0.2) is 0 Å². The monoisotopic (exact) mass is 329 g/mol. The van der Waals surface area contributed by atoms with E-state index in [-0.39, 0.29) is 17.6 Å². The standard InChI is InChI=1S/C18H20FN3O2/c1-20-10-7-15(13-20)18(24)22-9-2-8-21(11-12-22)17(23)14-3-5-16(19)6-4-14/h3-7,10,13H,2,8-9,11-12H2,1H3. The second-order valence-electron chi connectivity index (χ2n) is 6.01. The molecule has 126 valence electrons. The molecule has 2 heterocycles. The zero-order valence-corrected chi connectivity index (χ0v) is 13.6. The largest absolute Gasteiger partial charge is 0.356 e. The molecule has 1 saturated heterocycles. The van der Waals surface area contributed by atoms with E-state index in [0.717, 1.165) is 6.42 Å². The normalized spacial score (nSPS) is 15.2. The van der Waals surface area contributed by atoms with Crippen LogP contribution in [-0.4, -0.2) is 52.4 Å². The Hall–Kier alpha value is -2.63. The Morgan fingerprint density at radius 3 is 2.00 bits per heavy atom. The smallest absolute Gasteiger partial charge is 0.255 e. The molecule has 3 rings (SSSR count). The second kappa shape index (κ2) is 6.86. The summed E-state index contributed by atoms with van der Waals surface area (Å²) in [4.78, 5) is 28.5. The van der Waals surface area contributed by atoms with Crippen LogP contribution in [0.1, 0.15) is 27.1 Å². The first-order valence-corrected chi connectivity index (χ1v) is 8.01. The molecular weight excluding hydrogens is 309 g/mol. The van der Waals surface area contributed by atoms with Gasteiger partial charge in [-0.15, -0.1) is 0 Å². The van der Waals surface area contributed by atoms with Crippen molar-refractivity contribution in [2.45, 2.75) is 6.42 Å². The summed E-state index contributed by atoms with van der Waals surface area (Å²) in [6, 6.07) is 7.37. The maximum absolute atomic E-state index is 13.0. The van der Waals surface area contributed by atoms with E-state index >= 15 is 0 Å². The number of benzene rings is 1. The molecule has 5 nitrogen and oxygen atoms in total. The van der Waals surface area contributed by atoms with E-state index in [1.807, 2.05) is 17.8 Å². The third kappa shape index (κ3) is 3.48. The third-order valence-corrected chi connectivity index (χ3v) is 4.24. The molecule has 1 aliphatic heterocycles. The van der Waals surface area contributed by atoms with Crippen LogP contribution in [-0.2, 0) is 7.05 Å². The van der Waals surface area contributed by atoms with Crippen molar-refractivity contribution in [3.8, 4) is 0 Å². The van der Waals surface area contributed by atoms with E-state index in [0.29, 0.717) is 37.3 Å². The number of halogens is 1. The molecule has 0 aliphatic carbocycles. The molecule has 24 heavy (non-hydrogen) atoms. The molecule has 2 amide bonds. The van der Waals surface area contributed by atoms with Gasteiger partial charge in [0.1, 0.15) is 5.82 Å². The van der Waals surface area contributed by atoms with Gasteiger partial charge in [-0.2, -0.15) is 0 Å². The zero-order chi connectivity index (χ0) is 17.1. The summed E-state index contributed by atoms with van der Waals surface area (Å²) >= 11 is 0. The molecule has 0 N–H and O–H groups in total. The fraction of sp³-hybridized carbons (Fsp3) is 0.333. The van der Waals surface area contributed by atoms with Crippen LogP contribution in [0.5, 0.6) is 0 Å². The van der Waals surface area contributed by atoms with E-state index in [2.05, 4.69) is 0 Å². The highest BCUT2D eigenvalue weighted by atomic mass is 19.1. The number of hydrogen-bond acceptors (Lipinski definition) is 2. The summed E-state index contributed by atoms with van der Waals surface area (Å²) < 4.78 is 14.8. The van der Waals surface area contributed by atoms with Crippen molar-refractivity contribution >= 4 is 11.8 Å². The summed E-state index contributed by atoms with van der Waals surface area (Å²) in [6.07, 6.45) is 4.37. The number of carbonyl (C=O) groups excluding carboxylic acids is 2. The van der Waals surface area contributed by atoms with Gasteiger partial charge in [-0.1, -0.05) is 0 Å². The Bertz CT molecular complexity index is 739. The summed E-state index contributed by atoms with van der Waals surface area (Å²) in [5.74, 6) is -0.488. The molecule has 1 aliphatic rings. The van der Waals surface area contributed by atoms with Gasteiger partial charge < -0.3 is 14.4 Å². The highest BCUT2D eigenvalue weighted by Crippen LogP contribution is 2.13. The molecule has 2 aromatic rings. The van der Waals surface area contributed by atoms with E-state index in [1.54, 1.807) is 22.1 Å². The number of nitrogens with zero attached hydrogens (tertiary/aromatic N) is 3. The predicted molar refractivity (Wildman–Crippen MR) is 88.2 cm³/mol. The lowest BCUT2D eigenvalue weighted by Gasteiger charge is -2.22. The van der Waals surface area contributed by atoms with Crippen molar-refractivity contribution in [1.82, 2.24) is 14.4 Å². The van der Waals surface area contributed by atoms with E-state index in [4.69, 9.17) is 0 Å². The lowest BCUT2D eigenvalue weighted by Crippen LogP contribution is -2.37. The molecular formula is C18H20FN3O2. The minimum absolute atomic E-state index is 0.00770. The van der Waals surface area contributed by atoms with Gasteiger partial charge in [-0.25, -0.2) is 4.39 Å². The first kappa shape index (κ1) is 16.2. The highest BCUT2D eigenvalue weighted by Gasteiger charge is 2.23. The van der Waals surface area contributed by atoms with Crippen LogP contribution < -0.4 is 0 Å². The van der Waals surface area contributed by atoms with E-state index in [9.17, 15) is 14.0 Å². The fourth-order valence-corrected chi connectivity index (χ4v) is 2.91. The van der Waals surface area contributed by atoms with Crippen molar-refractivity contribution in [2.75, 3.05) is 26.2 Å². The molecule has 0 radical (unpaired) electrons. The molecule has 0 bridgehead atoms.